The summed E-state index contributed by atoms with van der Waals surface area (Å²) < 4.78 is 5.42. The number of H-pyrrole nitrogens is 1. The zero-order valence-corrected chi connectivity index (χ0v) is 7.42. The summed E-state index contributed by atoms with van der Waals surface area (Å²) in [6.45, 7) is 5.79. The summed E-state index contributed by atoms with van der Waals surface area (Å²) in [5, 5.41) is 0. The van der Waals surface area contributed by atoms with Gasteiger partial charge in [-0.2, -0.15) is 4.98 Å². The first-order chi connectivity index (χ1) is 5.47. The van der Waals surface area contributed by atoms with E-state index in [-0.39, 0.29) is 11.3 Å². The van der Waals surface area contributed by atoms with Gasteiger partial charge < -0.3 is 9.72 Å². The first-order valence-electron chi connectivity index (χ1n) is 3.71. The minimum Gasteiger partial charge on any atom is -0.485 e. The van der Waals surface area contributed by atoms with Crippen molar-refractivity contribution in [2.45, 2.75) is 26.4 Å². The molecule has 4 nitrogen and oxygen atoms in total. The largest absolute Gasteiger partial charge is 0.485 e. The summed E-state index contributed by atoms with van der Waals surface area (Å²) in [5.74, 6) is 0.571. The van der Waals surface area contributed by atoms with Crippen molar-refractivity contribution >= 4 is 0 Å². The lowest BCUT2D eigenvalue weighted by molar-refractivity contribution is 0.129. The number of hydrogen-bond acceptors (Lipinski definition) is 3. The van der Waals surface area contributed by atoms with Crippen LogP contribution in [0.4, 0.5) is 0 Å². The van der Waals surface area contributed by atoms with Crippen LogP contribution < -0.4 is 10.4 Å². The van der Waals surface area contributed by atoms with E-state index in [9.17, 15) is 4.79 Å². The van der Waals surface area contributed by atoms with E-state index >= 15 is 0 Å². The van der Waals surface area contributed by atoms with E-state index in [1.165, 1.54) is 12.4 Å². The van der Waals surface area contributed by atoms with E-state index < -0.39 is 0 Å². The second kappa shape index (κ2) is 2.97. The highest BCUT2D eigenvalue weighted by atomic mass is 16.5. The number of nitrogens with zero attached hydrogens (tertiary/aromatic N) is 1. The Balaban J connectivity index is 2.78. The Labute approximate surface area is 70.6 Å². The average molecular weight is 168 g/mol. The molecule has 0 atom stereocenters. The molecule has 0 saturated carbocycles. The lowest BCUT2D eigenvalue weighted by Gasteiger charge is -2.20. The van der Waals surface area contributed by atoms with Crippen LogP contribution in [0.15, 0.2) is 17.2 Å². The molecule has 0 unspecified atom stereocenters. The second-order valence-corrected chi connectivity index (χ2v) is 3.47. The predicted molar refractivity (Wildman–Crippen MR) is 45.2 cm³/mol. The smallest absolute Gasteiger partial charge is 0.345 e. The standard InChI is InChI=1S/C8H12N2O2/c1-8(2,3)12-6-4-9-7(11)10-5-6/h4-5H,1-3H3,(H,9,10,11). The summed E-state index contributed by atoms with van der Waals surface area (Å²) in [5.41, 5.74) is -0.629. The van der Waals surface area contributed by atoms with E-state index in [1.807, 2.05) is 20.8 Å². The quantitative estimate of drug-likeness (QED) is 0.679. The summed E-state index contributed by atoms with van der Waals surface area (Å²) in [4.78, 5) is 16.5. The highest BCUT2D eigenvalue weighted by molar-refractivity contribution is 5.11. The van der Waals surface area contributed by atoms with Crippen molar-refractivity contribution in [3.05, 3.63) is 22.9 Å². The van der Waals surface area contributed by atoms with Gasteiger partial charge in [-0.1, -0.05) is 0 Å². The van der Waals surface area contributed by atoms with Crippen molar-refractivity contribution in [1.82, 2.24) is 9.97 Å². The van der Waals surface area contributed by atoms with Crippen molar-refractivity contribution in [3.63, 3.8) is 0 Å². The van der Waals surface area contributed by atoms with E-state index in [2.05, 4.69) is 9.97 Å². The van der Waals surface area contributed by atoms with Gasteiger partial charge in [-0.3, -0.25) is 0 Å². The van der Waals surface area contributed by atoms with Crippen LogP contribution in [0.25, 0.3) is 0 Å². The van der Waals surface area contributed by atoms with Crippen molar-refractivity contribution in [2.24, 2.45) is 0 Å². The van der Waals surface area contributed by atoms with E-state index in [0.29, 0.717) is 5.75 Å². The van der Waals surface area contributed by atoms with Crippen LogP contribution in [-0.4, -0.2) is 15.6 Å². The van der Waals surface area contributed by atoms with Crippen molar-refractivity contribution in [2.75, 3.05) is 0 Å². The molecule has 0 aromatic carbocycles. The van der Waals surface area contributed by atoms with Gasteiger partial charge in [-0.25, -0.2) is 4.79 Å². The zero-order chi connectivity index (χ0) is 9.19. The summed E-state index contributed by atoms with van der Waals surface area (Å²) in [6, 6.07) is 0. The highest BCUT2D eigenvalue weighted by Crippen LogP contribution is 2.13. The topological polar surface area (TPSA) is 55.0 Å². The first kappa shape index (κ1) is 8.77. The lowest BCUT2D eigenvalue weighted by atomic mass is 10.2. The number of aromatic nitrogens is 2. The molecule has 0 saturated heterocycles. The average Bonchev–Trinajstić information content (AvgIpc) is 1.91. The van der Waals surface area contributed by atoms with Gasteiger partial charge in [0.1, 0.15) is 5.60 Å². The van der Waals surface area contributed by atoms with E-state index in [1.54, 1.807) is 0 Å². The Kier molecular flexibility index (Phi) is 2.17. The van der Waals surface area contributed by atoms with Gasteiger partial charge in [0.15, 0.2) is 5.75 Å². The van der Waals surface area contributed by atoms with Crippen LogP contribution in [0.1, 0.15) is 20.8 Å². The fourth-order valence-corrected chi connectivity index (χ4v) is 0.739. The monoisotopic (exact) mass is 168 g/mol. The third-order valence-corrected chi connectivity index (χ3v) is 1.07. The molecule has 0 aliphatic heterocycles. The van der Waals surface area contributed by atoms with Crippen molar-refractivity contribution in [1.29, 1.82) is 0 Å². The van der Waals surface area contributed by atoms with Crippen LogP contribution in [0, 0.1) is 0 Å². The van der Waals surface area contributed by atoms with Crippen LogP contribution in [0.2, 0.25) is 0 Å². The summed E-state index contributed by atoms with van der Waals surface area (Å²) >= 11 is 0. The summed E-state index contributed by atoms with van der Waals surface area (Å²) in [7, 11) is 0. The molecule has 0 bridgehead atoms. The van der Waals surface area contributed by atoms with Gasteiger partial charge in [-0.15, -0.1) is 0 Å². The van der Waals surface area contributed by atoms with Gasteiger partial charge in [0.2, 0.25) is 0 Å². The van der Waals surface area contributed by atoms with Crippen molar-refractivity contribution < 1.29 is 4.74 Å². The molecule has 12 heavy (non-hydrogen) atoms. The molecule has 0 radical (unpaired) electrons. The molecule has 0 aliphatic carbocycles. The van der Waals surface area contributed by atoms with Gasteiger partial charge in [-0.05, 0) is 20.8 Å². The Bertz CT molecular complexity index is 291. The maximum Gasteiger partial charge on any atom is 0.345 e. The Hall–Kier alpha value is -1.32. The zero-order valence-electron chi connectivity index (χ0n) is 7.42. The normalized spacial score (nSPS) is 11.2. The van der Waals surface area contributed by atoms with Crippen molar-refractivity contribution in [3.8, 4) is 5.75 Å². The molecule has 0 aliphatic rings. The van der Waals surface area contributed by atoms with Crippen LogP contribution in [0.5, 0.6) is 5.75 Å². The molecule has 4 heteroatoms. The summed E-state index contributed by atoms with van der Waals surface area (Å²) in [6.07, 6.45) is 2.91. The van der Waals surface area contributed by atoms with E-state index in [0.717, 1.165) is 0 Å². The molecule has 1 aromatic rings. The number of aromatic amines is 1. The minimum absolute atomic E-state index is 0.264. The maximum absolute atomic E-state index is 10.6. The number of nitrogens with one attached hydrogen (secondary N) is 1. The third kappa shape index (κ3) is 2.74. The SMILES string of the molecule is CC(C)(C)Oc1cnc(=O)[nH]c1. The predicted octanol–water partition coefficient (Wildman–Crippen LogP) is 0.947. The van der Waals surface area contributed by atoms with Gasteiger partial charge in [0, 0.05) is 6.20 Å². The molecule has 1 aromatic heterocycles. The number of ether oxygens (including phenoxy) is 1. The third-order valence-electron chi connectivity index (χ3n) is 1.07. The number of rotatable bonds is 1. The number of hydrogen-bond donors (Lipinski definition) is 1. The molecular weight excluding hydrogens is 156 g/mol. The van der Waals surface area contributed by atoms with Crippen LogP contribution >= 0.6 is 0 Å². The van der Waals surface area contributed by atoms with E-state index in [4.69, 9.17) is 4.74 Å². The molecule has 0 fully saturated rings. The molecule has 0 amide bonds. The van der Waals surface area contributed by atoms with Gasteiger partial charge >= 0.3 is 5.69 Å². The fourth-order valence-electron chi connectivity index (χ4n) is 0.739. The lowest BCUT2D eigenvalue weighted by Crippen LogP contribution is -2.23. The maximum atomic E-state index is 10.6. The van der Waals surface area contributed by atoms with Gasteiger partial charge in [0.05, 0.1) is 6.20 Å². The molecule has 1 rings (SSSR count). The second-order valence-electron chi connectivity index (χ2n) is 3.47. The van der Waals surface area contributed by atoms with Crippen LogP contribution in [-0.2, 0) is 0 Å². The van der Waals surface area contributed by atoms with Gasteiger partial charge in [0.25, 0.3) is 0 Å². The molecule has 1 N–H and O–H groups in total. The highest BCUT2D eigenvalue weighted by Gasteiger charge is 2.11. The Morgan fingerprint density at radius 2 is 2.17 bits per heavy atom. The Morgan fingerprint density at radius 3 is 2.58 bits per heavy atom. The molecule has 66 valence electrons. The Morgan fingerprint density at radius 1 is 1.50 bits per heavy atom. The molecule has 1 heterocycles. The first-order valence-corrected chi connectivity index (χ1v) is 3.71. The molecule has 0 spiro atoms. The molecular formula is C8H12N2O2. The fraction of sp³-hybridized carbons (Fsp3) is 0.500. The minimum atomic E-state index is -0.365. The van der Waals surface area contributed by atoms with Crippen LogP contribution in [0.3, 0.4) is 0 Å².